The van der Waals surface area contributed by atoms with Gasteiger partial charge < -0.3 is 10.4 Å². The zero-order valence-corrected chi connectivity index (χ0v) is 15.3. The molecule has 2 heterocycles. The maximum absolute atomic E-state index is 10.4. The highest BCUT2D eigenvalue weighted by Gasteiger charge is 2.22. The minimum Gasteiger partial charge on any atom is -0.388 e. The van der Waals surface area contributed by atoms with Gasteiger partial charge in [-0.3, -0.25) is 0 Å². The summed E-state index contributed by atoms with van der Waals surface area (Å²) in [5.74, 6) is 0.602. The van der Waals surface area contributed by atoms with E-state index in [1.807, 2.05) is 17.6 Å². The third-order valence-corrected chi connectivity index (χ3v) is 4.57. The zero-order chi connectivity index (χ0) is 16.5. The van der Waals surface area contributed by atoms with Gasteiger partial charge in [0, 0.05) is 12.0 Å². The van der Waals surface area contributed by atoms with Gasteiger partial charge in [0.05, 0.1) is 17.5 Å². The highest BCUT2D eigenvalue weighted by molar-refractivity contribution is 7.20. The molecule has 6 heteroatoms. The van der Waals surface area contributed by atoms with Gasteiger partial charge in [0.15, 0.2) is 0 Å². The Morgan fingerprint density at radius 2 is 2.00 bits per heavy atom. The molecule has 2 aromatic heterocycles. The van der Waals surface area contributed by atoms with Crippen LogP contribution in [0.5, 0.6) is 0 Å². The smallest absolute Gasteiger partial charge is 0.214 e. The van der Waals surface area contributed by atoms with Gasteiger partial charge in [-0.05, 0) is 25.7 Å². The van der Waals surface area contributed by atoms with E-state index in [0.29, 0.717) is 12.5 Å². The lowest BCUT2D eigenvalue weighted by Gasteiger charge is -2.24. The van der Waals surface area contributed by atoms with Crippen LogP contribution in [0.1, 0.15) is 60.1 Å². The lowest BCUT2D eigenvalue weighted by atomic mass is 9.93. The van der Waals surface area contributed by atoms with Crippen LogP contribution in [0.2, 0.25) is 0 Å². The van der Waals surface area contributed by atoms with Gasteiger partial charge in [0.2, 0.25) is 10.1 Å². The Bertz CT molecular complexity index is 590. The Morgan fingerprint density at radius 1 is 1.32 bits per heavy atom. The molecule has 0 saturated heterocycles. The minimum absolute atomic E-state index is 0.0293. The van der Waals surface area contributed by atoms with Crippen molar-refractivity contribution in [3.8, 4) is 0 Å². The predicted molar refractivity (Wildman–Crippen MR) is 92.7 cm³/mol. The number of fused-ring (bicyclic) bond motifs is 1. The van der Waals surface area contributed by atoms with Crippen LogP contribution in [0.3, 0.4) is 0 Å². The first-order valence-corrected chi connectivity index (χ1v) is 8.71. The van der Waals surface area contributed by atoms with Crippen molar-refractivity contribution in [3.05, 3.63) is 11.9 Å². The summed E-state index contributed by atoms with van der Waals surface area (Å²) in [4.78, 5) is 5.51. The van der Waals surface area contributed by atoms with Crippen molar-refractivity contribution in [2.75, 3.05) is 11.9 Å². The molecule has 0 aliphatic carbocycles. The third kappa shape index (κ3) is 4.43. The van der Waals surface area contributed by atoms with E-state index in [1.54, 1.807) is 0 Å². The van der Waals surface area contributed by atoms with E-state index in [0.717, 1.165) is 28.6 Å². The molecule has 0 aromatic carbocycles. The number of rotatable bonds is 6. The summed E-state index contributed by atoms with van der Waals surface area (Å²) in [7, 11) is 0. The Kier molecular flexibility index (Phi) is 4.82. The average Bonchev–Trinajstić information content (AvgIpc) is 2.91. The number of imidazole rings is 1. The second-order valence-corrected chi connectivity index (χ2v) is 8.75. The topological polar surface area (TPSA) is 62.5 Å². The molecule has 124 valence electrons. The minimum atomic E-state index is -0.714. The highest BCUT2D eigenvalue weighted by Crippen LogP contribution is 2.26. The summed E-state index contributed by atoms with van der Waals surface area (Å²) in [5.41, 5.74) is 0.359. The fourth-order valence-electron chi connectivity index (χ4n) is 2.09. The molecule has 1 atom stereocenters. The highest BCUT2D eigenvalue weighted by atomic mass is 32.1. The Balaban J connectivity index is 1.99. The van der Waals surface area contributed by atoms with E-state index in [1.165, 1.54) is 11.3 Å². The number of hydrogen-bond acceptors (Lipinski definition) is 5. The van der Waals surface area contributed by atoms with Crippen LogP contribution in [0.15, 0.2) is 6.20 Å². The summed E-state index contributed by atoms with van der Waals surface area (Å²) in [6.45, 7) is 13.2. The maximum Gasteiger partial charge on any atom is 0.214 e. The maximum atomic E-state index is 10.4. The number of aliphatic hydroxyl groups is 1. The number of aromatic nitrogens is 3. The van der Waals surface area contributed by atoms with Gasteiger partial charge in [-0.1, -0.05) is 46.0 Å². The number of hydrogen-bond donors (Lipinski definition) is 2. The van der Waals surface area contributed by atoms with Crippen molar-refractivity contribution in [3.63, 3.8) is 0 Å². The van der Waals surface area contributed by atoms with Crippen molar-refractivity contribution in [2.45, 2.75) is 65.4 Å². The molecule has 2 aromatic rings. The van der Waals surface area contributed by atoms with Crippen LogP contribution in [-0.2, 0) is 5.41 Å². The largest absolute Gasteiger partial charge is 0.388 e. The van der Waals surface area contributed by atoms with Crippen molar-refractivity contribution >= 4 is 21.4 Å². The lowest BCUT2D eigenvalue weighted by Crippen LogP contribution is -2.33. The van der Waals surface area contributed by atoms with Gasteiger partial charge in [-0.2, -0.15) is 0 Å². The second kappa shape index (κ2) is 6.16. The molecular formula is C16H28N4OS. The molecule has 1 unspecified atom stereocenters. The van der Waals surface area contributed by atoms with Crippen molar-refractivity contribution in [1.82, 2.24) is 14.6 Å². The van der Waals surface area contributed by atoms with Gasteiger partial charge in [-0.15, -0.1) is 5.10 Å². The Hall–Kier alpha value is -1.14. The fraction of sp³-hybridized carbons (Fsp3) is 0.750. The Labute approximate surface area is 136 Å². The lowest BCUT2D eigenvalue weighted by molar-refractivity contribution is 0.0586. The first kappa shape index (κ1) is 17.2. The van der Waals surface area contributed by atoms with Crippen LogP contribution in [-0.4, -0.2) is 31.9 Å². The number of nitrogens with zero attached hydrogens (tertiary/aromatic N) is 3. The quantitative estimate of drug-likeness (QED) is 0.851. The first-order chi connectivity index (χ1) is 10.1. The second-order valence-electron chi connectivity index (χ2n) is 7.79. The fourth-order valence-corrected chi connectivity index (χ4v) is 2.86. The summed E-state index contributed by atoms with van der Waals surface area (Å²) in [6.07, 6.45) is 3.78. The molecule has 0 saturated carbocycles. The van der Waals surface area contributed by atoms with Crippen molar-refractivity contribution in [2.24, 2.45) is 5.92 Å². The van der Waals surface area contributed by atoms with Crippen LogP contribution in [0, 0.1) is 5.92 Å². The number of anilines is 1. The molecule has 2 N–H and O–H groups in total. The van der Waals surface area contributed by atoms with E-state index in [4.69, 9.17) is 0 Å². The van der Waals surface area contributed by atoms with E-state index >= 15 is 0 Å². The molecule has 0 aliphatic heterocycles. The zero-order valence-electron chi connectivity index (χ0n) is 14.5. The molecule has 0 radical (unpaired) electrons. The van der Waals surface area contributed by atoms with Crippen molar-refractivity contribution in [1.29, 1.82) is 0 Å². The molecular weight excluding hydrogens is 296 g/mol. The van der Waals surface area contributed by atoms with Crippen molar-refractivity contribution < 1.29 is 5.11 Å². The van der Waals surface area contributed by atoms with E-state index < -0.39 is 5.60 Å². The van der Waals surface area contributed by atoms with Gasteiger partial charge in [-0.25, -0.2) is 9.50 Å². The van der Waals surface area contributed by atoms with Crippen LogP contribution in [0.25, 0.3) is 4.96 Å². The number of nitrogens with one attached hydrogen (secondary N) is 1. The summed E-state index contributed by atoms with van der Waals surface area (Å²) >= 11 is 1.52. The average molecular weight is 324 g/mol. The summed E-state index contributed by atoms with van der Waals surface area (Å²) in [5, 5.41) is 18.9. The van der Waals surface area contributed by atoms with Gasteiger partial charge >= 0.3 is 0 Å². The van der Waals surface area contributed by atoms with E-state index in [9.17, 15) is 5.11 Å². The van der Waals surface area contributed by atoms with E-state index in [2.05, 4.69) is 50.0 Å². The first-order valence-electron chi connectivity index (χ1n) is 7.90. The summed E-state index contributed by atoms with van der Waals surface area (Å²) in [6, 6.07) is 0. The van der Waals surface area contributed by atoms with Crippen LogP contribution in [0.4, 0.5) is 5.13 Å². The molecule has 0 spiro atoms. The molecule has 2 rings (SSSR count). The van der Waals surface area contributed by atoms with Crippen LogP contribution >= 0.6 is 11.3 Å². The molecule has 0 bridgehead atoms. The molecule has 22 heavy (non-hydrogen) atoms. The SMILES string of the molecule is CC(C)CCC(C)(O)CNc1nn2cc(C(C)(C)C)nc2s1. The third-order valence-electron chi connectivity index (χ3n) is 3.69. The predicted octanol–water partition coefficient (Wildman–Crippen LogP) is 3.69. The van der Waals surface area contributed by atoms with Crippen LogP contribution < -0.4 is 5.32 Å². The van der Waals surface area contributed by atoms with Gasteiger partial charge in [0.1, 0.15) is 0 Å². The molecule has 5 nitrogen and oxygen atoms in total. The summed E-state index contributed by atoms with van der Waals surface area (Å²) < 4.78 is 1.82. The monoisotopic (exact) mass is 324 g/mol. The molecule has 0 aliphatic rings. The molecule has 0 amide bonds. The Morgan fingerprint density at radius 3 is 2.55 bits per heavy atom. The normalized spacial score (nSPS) is 15.5. The standard InChI is InChI=1S/C16H28N4OS/c1-11(2)7-8-16(6,21)10-17-13-19-20-9-12(15(3,4)5)18-14(20)22-13/h9,11,21H,7-8,10H2,1-6H3,(H,17,19). The molecule has 0 fully saturated rings. The van der Waals surface area contributed by atoms with Gasteiger partial charge in [0.25, 0.3) is 0 Å². The van der Waals surface area contributed by atoms with E-state index in [-0.39, 0.29) is 5.41 Å².